The summed E-state index contributed by atoms with van der Waals surface area (Å²) < 4.78 is 143. The van der Waals surface area contributed by atoms with Crippen molar-refractivity contribution in [1.29, 1.82) is 0 Å². The van der Waals surface area contributed by atoms with Crippen molar-refractivity contribution in [3.63, 3.8) is 0 Å². The zero-order chi connectivity index (χ0) is 36.6. The van der Waals surface area contributed by atoms with Crippen molar-refractivity contribution in [2.24, 2.45) is 0 Å². The molecule has 3 aromatic rings. The molecule has 1 aromatic heterocycles. The van der Waals surface area contributed by atoms with E-state index in [1.807, 2.05) is 0 Å². The van der Waals surface area contributed by atoms with E-state index in [2.05, 4.69) is 9.47 Å². The zero-order valence-electron chi connectivity index (χ0n) is 30.9. The zero-order valence-corrected chi connectivity index (χ0v) is 19.9. The van der Waals surface area contributed by atoms with Gasteiger partial charge in [-0.15, -0.1) is 8.78 Å². The predicted molar refractivity (Wildman–Crippen MR) is 131 cm³/mol. The topological polar surface area (TPSA) is 80.9 Å². The van der Waals surface area contributed by atoms with Crippen LogP contribution in [0.1, 0.15) is 71.8 Å². The number of alkyl halides is 2. The number of aliphatic hydroxyl groups is 2. The highest BCUT2D eigenvalue weighted by Crippen LogP contribution is 2.52. The first-order valence-electron chi connectivity index (χ1n) is 16.6. The average molecular weight is 529 g/mol. The van der Waals surface area contributed by atoms with Crippen LogP contribution in [0.4, 0.5) is 13.2 Å². The number of ether oxygens (including phenoxy) is 2. The molecule has 2 aliphatic rings. The van der Waals surface area contributed by atoms with Crippen LogP contribution < -0.4 is 9.47 Å². The van der Waals surface area contributed by atoms with Gasteiger partial charge in [0.2, 0.25) is 0 Å². The molecule has 1 atom stereocenters. The number of Topliss-reactive ketones (excluding diaryl/α,β-unsaturated/α-hetero) is 1. The lowest BCUT2D eigenvalue weighted by molar-refractivity contribution is -0.286. The minimum absolute atomic E-state index is 0.106. The van der Waals surface area contributed by atoms with E-state index < -0.39 is 96.0 Å². The highest BCUT2D eigenvalue weighted by atomic mass is 19.3. The molecule has 6 nitrogen and oxygen atoms in total. The van der Waals surface area contributed by atoms with Gasteiger partial charge in [-0.25, -0.2) is 4.39 Å². The molecule has 0 bridgehead atoms. The molecule has 2 heterocycles. The van der Waals surface area contributed by atoms with Crippen molar-refractivity contribution in [2.75, 3.05) is 6.56 Å². The molecule has 5 rings (SSSR count). The van der Waals surface area contributed by atoms with E-state index in [9.17, 15) is 23.8 Å². The Morgan fingerprint density at radius 1 is 1.24 bits per heavy atom. The van der Waals surface area contributed by atoms with Crippen molar-refractivity contribution in [2.45, 2.75) is 76.0 Å². The highest BCUT2D eigenvalue weighted by molar-refractivity contribution is 5.95. The van der Waals surface area contributed by atoms with E-state index in [1.165, 1.54) is 13.8 Å². The second kappa shape index (κ2) is 8.77. The maximum atomic E-state index is 15.9. The standard InChI is InChI=1S/C28H30F3NO5/c1-4-26(2,3)24-10-17-9-16(20(29)13-21(17)32(24)14-19(34)15-33)11-25(35)27(7-8-27)18-5-6-22-23(12-18)37-28(30,31)36-22/h5-6,9-10,12-13,19,33-34H,4,7-8,11,14-15H2,1-3H3/t19-/m0/s1/i4D2,7D2,8D2,14D2,15D2,19D. The predicted octanol–water partition coefficient (Wildman–Crippen LogP) is 4.99. The van der Waals surface area contributed by atoms with Crippen molar-refractivity contribution in [3.05, 3.63) is 59.0 Å². The molecule has 0 saturated heterocycles. The van der Waals surface area contributed by atoms with Crippen LogP contribution in [-0.2, 0) is 28.5 Å². The fourth-order valence-corrected chi connectivity index (χ4v) is 4.25. The van der Waals surface area contributed by atoms with Gasteiger partial charge in [0.1, 0.15) is 11.6 Å². The molecule has 0 unspecified atom stereocenters. The second-order valence-corrected chi connectivity index (χ2v) is 9.24. The summed E-state index contributed by atoms with van der Waals surface area (Å²) in [5.74, 6) is -3.47. The maximum Gasteiger partial charge on any atom is 0.586 e. The lowest BCUT2D eigenvalue weighted by atomic mass is 9.86. The molecule has 2 aromatic carbocycles. The first kappa shape index (κ1) is 15.4. The van der Waals surface area contributed by atoms with E-state index in [0.29, 0.717) is 10.6 Å². The molecule has 1 aliphatic heterocycles. The molecule has 1 saturated carbocycles. The number of carbonyl (C=O) groups is 1. The van der Waals surface area contributed by atoms with Crippen LogP contribution in [0.2, 0.25) is 0 Å². The van der Waals surface area contributed by atoms with Gasteiger partial charge in [0.15, 0.2) is 11.5 Å². The van der Waals surface area contributed by atoms with Crippen LogP contribution in [-0.4, -0.2) is 39.5 Å². The Morgan fingerprint density at radius 3 is 2.59 bits per heavy atom. The first-order chi connectivity index (χ1) is 21.4. The van der Waals surface area contributed by atoms with Gasteiger partial charge in [0.05, 0.1) is 36.9 Å². The molecule has 9 heteroatoms. The summed E-state index contributed by atoms with van der Waals surface area (Å²) in [5.41, 5.74) is -5.91. The minimum atomic E-state index is -4.06. The number of nitrogens with zero attached hydrogens (tertiary/aromatic N) is 1. The normalized spacial score (nSPS) is 27.4. The second-order valence-electron chi connectivity index (χ2n) is 9.24. The lowest BCUT2D eigenvalue weighted by Crippen LogP contribution is -2.26. The van der Waals surface area contributed by atoms with E-state index in [0.717, 1.165) is 37.3 Å². The number of hydrogen-bond donors (Lipinski definition) is 2. The average Bonchev–Trinajstić information content (AvgIpc) is 3.23. The molecular formula is C28H30F3NO5. The highest BCUT2D eigenvalue weighted by Gasteiger charge is 2.52. The molecule has 37 heavy (non-hydrogen) atoms. The van der Waals surface area contributed by atoms with E-state index in [1.54, 1.807) is 0 Å². The number of carbonyl (C=O) groups excluding carboxylic acids is 1. The van der Waals surface area contributed by atoms with Crippen LogP contribution in [0, 0.1) is 5.82 Å². The van der Waals surface area contributed by atoms with Crippen molar-refractivity contribution in [3.8, 4) is 11.5 Å². The molecule has 0 radical (unpaired) electrons. The third-order valence-corrected chi connectivity index (χ3v) is 6.54. The summed E-state index contributed by atoms with van der Waals surface area (Å²) in [6.07, 6.45) is -16.9. The van der Waals surface area contributed by atoms with Gasteiger partial charge in [-0.05, 0) is 60.6 Å². The third-order valence-electron chi connectivity index (χ3n) is 6.54. The summed E-state index contributed by atoms with van der Waals surface area (Å²) in [7, 11) is 0. The number of halogens is 3. The van der Waals surface area contributed by atoms with Crippen molar-refractivity contribution < 1.29 is 52.7 Å². The summed E-state index contributed by atoms with van der Waals surface area (Å²) in [4.78, 5) is 13.9. The Hall–Kier alpha value is -3.04. The van der Waals surface area contributed by atoms with Gasteiger partial charge < -0.3 is 24.3 Å². The Kier molecular flexibility index (Phi) is 3.65. The fourth-order valence-electron chi connectivity index (χ4n) is 4.25. The summed E-state index contributed by atoms with van der Waals surface area (Å²) >= 11 is 0. The Labute approximate surface area is 228 Å². The molecule has 198 valence electrons. The van der Waals surface area contributed by atoms with Gasteiger partial charge in [-0.3, -0.25) is 4.79 Å². The Morgan fingerprint density at radius 2 is 1.95 bits per heavy atom. The fraction of sp³-hybridized carbons (Fsp3) is 0.464. The maximum absolute atomic E-state index is 15.9. The van der Waals surface area contributed by atoms with E-state index in [-0.39, 0.29) is 16.6 Å². The van der Waals surface area contributed by atoms with Crippen molar-refractivity contribution in [1.82, 2.24) is 4.57 Å². The number of aromatic nitrogens is 1. The number of rotatable bonds is 9. The molecule has 0 spiro atoms. The monoisotopic (exact) mass is 528 g/mol. The molecular weight excluding hydrogens is 487 g/mol. The van der Waals surface area contributed by atoms with Gasteiger partial charge >= 0.3 is 6.29 Å². The van der Waals surface area contributed by atoms with Crippen LogP contribution in [0.15, 0.2) is 36.4 Å². The van der Waals surface area contributed by atoms with E-state index in [4.69, 9.17) is 15.1 Å². The molecule has 1 fully saturated rings. The molecule has 1 aliphatic carbocycles. The summed E-state index contributed by atoms with van der Waals surface area (Å²) in [6, 6.07) is 5.64. The van der Waals surface area contributed by atoms with E-state index >= 15 is 4.39 Å². The minimum Gasteiger partial charge on any atom is -0.395 e. The SMILES string of the molecule is [2H]C([2H])(C)C(C)(C)c1cc2cc(CC(=O)C3(c4ccc5c(c4)OC(F)(F)O5)C([2H])([2H])C3([2H])[2H])c(F)cc2n1C([2H])([2H])[C@]([2H])(O)C([2H])([2H])O. The van der Waals surface area contributed by atoms with Gasteiger partial charge in [-0.2, -0.15) is 0 Å². The van der Waals surface area contributed by atoms with Gasteiger partial charge in [0.25, 0.3) is 0 Å². The van der Waals surface area contributed by atoms with Crippen LogP contribution in [0.3, 0.4) is 0 Å². The summed E-state index contributed by atoms with van der Waals surface area (Å²) in [6.45, 7) is -3.68. The molecule has 2 N–H and O–H groups in total. The number of hydrogen-bond acceptors (Lipinski definition) is 5. The van der Waals surface area contributed by atoms with Gasteiger partial charge in [-0.1, -0.05) is 26.8 Å². The van der Waals surface area contributed by atoms with Gasteiger partial charge in [0, 0.05) is 31.1 Å². The quantitative estimate of drug-likeness (QED) is 0.409. The Balaban J connectivity index is 1.67. The summed E-state index contributed by atoms with van der Waals surface area (Å²) in [5, 5.41) is 20.4. The van der Waals surface area contributed by atoms with Crippen LogP contribution in [0.5, 0.6) is 11.5 Å². The van der Waals surface area contributed by atoms with Crippen LogP contribution >= 0.6 is 0 Å². The largest absolute Gasteiger partial charge is 0.586 e. The first-order valence-corrected chi connectivity index (χ1v) is 11.1. The third kappa shape index (κ3) is 4.48. The molecule has 0 amide bonds. The Bertz CT molecular complexity index is 1830. The lowest BCUT2D eigenvalue weighted by Gasteiger charge is -2.26. The smallest absolute Gasteiger partial charge is 0.395 e. The van der Waals surface area contributed by atoms with Crippen LogP contribution in [0.25, 0.3) is 10.9 Å². The number of ketones is 1. The van der Waals surface area contributed by atoms with Crippen molar-refractivity contribution >= 4 is 16.7 Å². The number of fused-ring (bicyclic) bond motifs is 2. The number of benzene rings is 2.